The van der Waals surface area contributed by atoms with E-state index in [0.717, 1.165) is 18.8 Å². The van der Waals surface area contributed by atoms with Gasteiger partial charge in [-0.05, 0) is 11.5 Å². The Balaban J connectivity index is 2.42. The zero-order valence-corrected chi connectivity index (χ0v) is 6.98. The monoisotopic (exact) mass is 151 g/mol. The summed E-state index contributed by atoms with van der Waals surface area (Å²) in [6.07, 6.45) is 1.90. The molecule has 2 heterocycles. The van der Waals surface area contributed by atoms with Crippen molar-refractivity contribution in [2.75, 3.05) is 0 Å². The van der Waals surface area contributed by atoms with Gasteiger partial charge >= 0.3 is 0 Å². The normalized spacial score (nSPS) is 15.9. The van der Waals surface area contributed by atoms with Crippen LogP contribution in [0.3, 0.4) is 0 Å². The van der Waals surface area contributed by atoms with Gasteiger partial charge < -0.3 is 9.73 Å². The predicted octanol–water partition coefficient (Wildman–Crippen LogP) is 2.01. The highest BCUT2D eigenvalue weighted by atomic mass is 16.3. The van der Waals surface area contributed by atoms with Crippen LogP contribution in [0.25, 0.3) is 0 Å². The molecule has 0 aliphatic carbocycles. The van der Waals surface area contributed by atoms with Gasteiger partial charge in [-0.1, -0.05) is 13.8 Å². The van der Waals surface area contributed by atoms with Crippen molar-refractivity contribution in [2.24, 2.45) is 0 Å². The van der Waals surface area contributed by atoms with Crippen LogP contribution in [0.15, 0.2) is 10.7 Å². The molecule has 2 rings (SSSR count). The Morgan fingerprint density at radius 1 is 1.45 bits per heavy atom. The maximum atomic E-state index is 5.41. The van der Waals surface area contributed by atoms with E-state index < -0.39 is 0 Å². The SMILES string of the molecule is CC(C)c1coc2c1CNC2. The summed E-state index contributed by atoms with van der Waals surface area (Å²) in [5.41, 5.74) is 2.75. The van der Waals surface area contributed by atoms with E-state index in [1.807, 2.05) is 6.26 Å². The van der Waals surface area contributed by atoms with Crippen LogP contribution in [0, 0.1) is 0 Å². The van der Waals surface area contributed by atoms with Gasteiger partial charge in [-0.3, -0.25) is 0 Å². The number of hydrogen-bond acceptors (Lipinski definition) is 2. The summed E-state index contributed by atoms with van der Waals surface area (Å²) in [6.45, 7) is 6.29. The van der Waals surface area contributed by atoms with E-state index in [1.165, 1.54) is 11.1 Å². The highest BCUT2D eigenvalue weighted by molar-refractivity contribution is 5.32. The smallest absolute Gasteiger partial charge is 0.122 e. The van der Waals surface area contributed by atoms with Crippen LogP contribution in [0.4, 0.5) is 0 Å². The van der Waals surface area contributed by atoms with Gasteiger partial charge in [0.1, 0.15) is 5.76 Å². The summed E-state index contributed by atoms with van der Waals surface area (Å²) in [6, 6.07) is 0. The van der Waals surface area contributed by atoms with Gasteiger partial charge in [-0.25, -0.2) is 0 Å². The molecule has 0 aromatic carbocycles. The first-order chi connectivity index (χ1) is 5.29. The van der Waals surface area contributed by atoms with Gasteiger partial charge in [-0.2, -0.15) is 0 Å². The van der Waals surface area contributed by atoms with Crippen molar-refractivity contribution in [1.82, 2.24) is 5.32 Å². The van der Waals surface area contributed by atoms with Crippen molar-refractivity contribution < 1.29 is 4.42 Å². The first kappa shape index (κ1) is 6.92. The Morgan fingerprint density at radius 3 is 3.00 bits per heavy atom. The highest BCUT2D eigenvalue weighted by Crippen LogP contribution is 2.27. The molecule has 11 heavy (non-hydrogen) atoms. The molecule has 1 aliphatic rings. The number of hydrogen-bond donors (Lipinski definition) is 1. The van der Waals surface area contributed by atoms with E-state index in [4.69, 9.17) is 4.42 Å². The van der Waals surface area contributed by atoms with E-state index >= 15 is 0 Å². The molecule has 60 valence electrons. The minimum atomic E-state index is 0.586. The van der Waals surface area contributed by atoms with Gasteiger partial charge in [0.2, 0.25) is 0 Å². The van der Waals surface area contributed by atoms with E-state index in [9.17, 15) is 0 Å². The Labute approximate surface area is 66.6 Å². The lowest BCUT2D eigenvalue weighted by atomic mass is 10.0. The molecule has 1 aromatic heterocycles. The van der Waals surface area contributed by atoms with Gasteiger partial charge in [0.25, 0.3) is 0 Å². The largest absolute Gasteiger partial charge is 0.467 e. The van der Waals surface area contributed by atoms with Crippen LogP contribution >= 0.6 is 0 Å². The average Bonchev–Trinajstić information content (AvgIpc) is 2.41. The molecule has 0 atom stereocenters. The molecule has 0 amide bonds. The summed E-state index contributed by atoms with van der Waals surface area (Å²) in [5.74, 6) is 1.72. The minimum Gasteiger partial charge on any atom is -0.467 e. The third kappa shape index (κ3) is 0.979. The Morgan fingerprint density at radius 2 is 2.27 bits per heavy atom. The summed E-state index contributed by atoms with van der Waals surface area (Å²) < 4.78 is 5.41. The van der Waals surface area contributed by atoms with E-state index in [0.29, 0.717) is 5.92 Å². The van der Waals surface area contributed by atoms with Crippen molar-refractivity contribution >= 4 is 0 Å². The molecule has 1 aliphatic heterocycles. The van der Waals surface area contributed by atoms with Crippen LogP contribution in [0.1, 0.15) is 36.7 Å². The molecular formula is C9H13NO. The van der Waals surface area contributed by atoms with Gasteiger partial charge in [0.15, 0.2) is 0 Å². The fourth-order valence-electron chi connectivity index (χ4n) is 1.57. The maximum Gasteiger partial charge on any atom is 0.122 e. The third-order valence-corrected chi connectivity index (χ3v) is 2.22. The number of rotatable bonds is 1. The number of nitrogens with one attached hydrogen (secondary N) is 1. The van der Waals surface area contributed by atoms with Crippen LogP contribution in [-0.4, -0.2) is 0 Å². The second kappa shape index (κ2) is 2.38. The third-order valence-electron chi connectivity index (χ3n) is 2.22. The standard InChI is InChI=1S/C9H13NO/c1-6(2)8-5-11-9-4-10-3-7(8)9/h5-6,10H,3-4H2,1-2H3. The summed E-state index contributed by atoms with van der Waals surface area (Å²) in [7, 11) is 0. The molecule has 2 heteroatoms. The molecular weight excluding hydrogens is 138 g/mol. The first-order valence-corrected chi connectivity index (χ1v) is 4.09. The van der Waals surface area contributed by atoms with Crippen molar-refractivity contribution in [3.8, 4) is 0 Å². The summed E-state index contributed by atoms with van der Waals surface area (Å²) >= 11 is 0. The van der Waals surface area contributed by atoms with Gasteiger partial charge in [0.05, 0.1) is 12.8 Å². The van der Waals surface area contributed by atoms with Crippen molar-refractivity contribution in [3.05, 3.63) is 23.2 Å². The fourth-order valence-corrected chi connectivity index (χ4v) is 1.57. The summed E-state index contributed by atoms with van der Waals surface area (Å²) in [5, 5.41) is 3.27. The van der Waals surface area contributed by atoms with E-state index in [1.54, 1.807) is 0 Å². The molecule has 1 N–H and O–H groups in total. The lowest BCUT2D eigenvalue weighted by Gasteiger charge is -2.01. The van der Waals surface area contributed by atoms with Crippen molar-refractivity contribution in [1.29, 1.82) is 0 Å². The zero-order valence-electron chi connectivity index (χ0n) is 6.98. The van der Waals surface area contributed by atoms with Crippen LogP contribution < -0.4 is 5.32 Å². The topological polar surface area (TPSA) is 25.2 Å². The van der Waals surface area contributed by atoms with E-state index in [-0.39, 0.29) is 0 Å². The lowest BCUT2D eigenvalue weighted by Crippen LogP contribution is -2.02. The van der Waals surface area contributed by atoms with Crippen LogP contribution in [0.2, 0.25) is 0 Å². The Kier molecular flexibility index (Phi) is 1.50. The molecule has 2 nitrogen and oxygen atoms in total. The fraction of sp³-hybridized carbons (Fsp3) is 0.556. The number of furan rings is 1. The lowest BCUT2D eigenvalue weighted by molar-refractivity contribution is 0.501. The summed E-state index contributed by atoms with van der Waals surface area (Å²) in [4.78, 5) is 0. The quantitative estimate of drug-likeness (QED) is 0.664. The van der Waals surface area contributed by atoms with Gasteiger partial charge in [0, 0.05) is 12.1 Å². The number of fused-ring (bicyclic) bond motifs is 1. The zero-order chi connectivity index (χ0) is 7.84. The Bertz CT molecular complexity index is 263. The van der Waals surface area contributed by atoms with Crippen molar-refractivity contribution in [2.45, 2.75) is 32.9 Å². The van der Waals surface area contributed by atoms with Gasteiger partial charge in [-0.15, -0.1) is 0 Å². The van der Waals surface area contributed by atoms with Crippen molar-refractivity contribution in [3.63, 3.8) is 0 Å². The molecule has 1 aromatic rings. The van der Waals surface area contributed by atoms with Crippen LogP contribution in [-0.2, 0) is 13.1 Å². The highest BCUT2D eigenvalue weighted by Gasteiger charge is 2.19. The molecule has 0 saturated carbocycles. The van der Waals surface area contributed by atoms with E-state index in [2.05, 4.69) is 19.2 Å². The molecule has 0 radical (unpaired) electrons. The molecule has 0 fully saturated rings. The molecule has 0 unspecified atom stereocenters. The maximum absolute atomic E-state index is 5.41. The molecule has 0 spiro atoms. The molecule has 0 bridgehead atoms. The average molecular weight is 151 g/mol. The minimum absolute atomic E-state index is 0.586. The molecule has 0 saturated heterocycles. The second-order valence-electron chi connectivity index (χ2n) is 3.35. The van der Waals surface area contributed by atoms with Crippen LogP contribution in [0.5, 0.6) is 0 Å². The predicted molar refractivity (Wildman–Crippen MR) is 43.3 cm³/mol. The first-order valence-electron chi connectivity index (χ1n) is 4.09. The Hall–Kier alpha value is -0.760. The second-order valence-corrected chi connectivity index (χ2v) is 3.35.